The van der Waals surface area contributed by atoms with Gasteiger partial charge >= 0.3 is 5.97 Å². The first-order valence-corrected chi connectivity index (χ1v) is 9.02. The van der Waals surface area contributed by atoms with Crippen molar-refractivity contribution in [3.8, 4) is 5.75 Å². The van der Waals surface area contributed by atoms with Crippen LogP contribution in [0, 0.1) is 0 Å². The molecule has 140 valence electrons. The topological polar surface area (TPSA) is 64.6 Å². The molecule has 0 unspecified atom stereocenters. The number of carbonyl (C=O) groups excluding carboxylic acids is 2. The molecule has 0 saturated heterocycles. The van der Waals surface area contributed by atoms with Gasteiger partial charge in [-0.05, 0) is 54.2 Å². The van der Waals surface area contributed by atoms with Crippen LogP contribution in [0.25, 0.3) is 6.08 Å². The van der Waals surface area contributed by atoms with Crippen LogP contribution >= 0.6 is 0 Å². The molecule has 2 aromatic rings. The molecular formula is C22H23NO4. The van der Waals surface area contributed by atoms with Crippen LogP contribution in [-0.2, 0) is 20.7 Å². The quantitative estimate of drug-likeness (QED) is 0.629. The van der Waals surface area contributed by atoms with Gasteiger partial charge in [0.15, 0.2) is 6.61 Å². The Hall–Kier alpha value is -3.08. The number of esters is 1. The molecule has 1 aliphatic rings. The highest BCUT2D eigenvalue weighted by atomic mass is 16.5. The van der Waals surface area contributed by atoms with Crippen molar-refractivity contribution in [1.82, 2.24) is 5.32 Å². The molecule has 0 bridgehead atoms. The third-order valence-corrected chi connectivity index (χ3v) is 4.58. The Bertz CT molecular complexity index is 826. The Morgan fingerprint density at radius 3 is 2.70 bits per heavy atom. The van der Waals surface area contributed by atoms with Gasteiger partial charge in [0.1, 0.15) is 5.75 Å². The van der Waals surface area contributed by atoms with Crippen molar-refractivity contribution in [1.29, 1.82) is 0 Å². The third kappa shape index (κ3) is 5.20. The number of benzene rings is 2. The molecule has 0 aromatic heterocycles. The van der Waals surface area contributed by atoms with Crippen molar-refractivity contribution in [3.63, 3.8) is 0 Å². The highest BCUT2D eigenvalue weighted by Crippen LogP contribution is 2.29. The molecule has 1 atom stereocenters. The van der Waals surface area contributed by atoms with E-state index in [4.69, 9.17) is 9.47 Å². The number of aryl methyl sites for hydroxylation is 1. The van der Waals surface area contributed by atoms with Crippen LogP contribution in [-0.4, -0.2) is 25.6 Å². The smallest absolute Gasteiger partial charge is 0.331 e. The largest absolute Gasteiger partial charge is 0.497 e. The van der Waals surface area contributed by atoms with Gasteiger partial charge in [-0.1, -0.05) is 36.4 Å². The minimum atomic E-state index is -0.551. The highest BCUT2D eigenvalue weighted by Gasteiger charge is 2.21. The molecule has 2 aromatic carbocycles. The fraction of sp³-hybridized carbons (Fsp3) is 0.273. The van der Waals surface area contributed by atoms with Gasteiger partial charge in [-0.2, -0.15) is 0 Å². The third-order valence-electron chi connectivity index (χ3n) is 4.58. The summed E-state index contributed by atoms with van der Waals surface area (Å²) in [6, 6.07) is 15.4. The summed E-state index contributed by atoms with van der Waals surface area (Å²) in [7, 11) is 1.60. The van der Waals surface area contributed by atoms with E-state index in [1.54, 1.807) is 25.3 Å². The zero-order chi connectivity index (χ0) is 19.1. The van der Waals surface area contributed by atoms with Crippen molar-refractivity contribution in [3.05, 3.63) is 71.3 Å². The molecule has 0 fully saturated rings. The monoisotopic (exact) mass is 365 g/mol. The summed E-state index contributed by atoms with van der Waals surface area (Å²) < 4.78 is 10.1. The summed E-state index contributed by atoms with van der Waals surface area (Å²) in [5, 5.41) is 2.96. The predicted molar refractivity (Wildman–Crippen MR) is 103 cm³/mol. The van der Waals surface area contributed by atoms with Gasteiger partial charge < -0.3 is 14.8 Å². The number of ether oxygens (including phenoxy) is 2. The Kier molecular flexibility index (Phi) is 6.26. The van der Waals surface area contributed by atoms with E-state index in [9.17, 15) is 9.59 Å². The SMILES string of the molecule is COc1ccc(/C=C/C(=O)OCC(=O)N[C@@H]2CCCc3ccccc32)cc1. The van der Waals surface area contributed by atoms with Crippen molar-refractivity contribution in [2.24, 2.45) is 0 Å². The molecule has 1 N–H and O–H groups in total. The Balaban J connectivity index is 1.47. The molecule has 0 aliphatic heterocycles. The van der Waals surface area contributed by atoms with E-state index in [0.29, 0.717) is 0 Å². The van der Waals surface area contributed by atoms with Gasteiger partial charge in [-0.15, -0.1) is 0 Å². The first-order valence-electron chi connectivity index (χ1n) is 9.02. The molecule has 0 heterocycles. The van der Waals surface area contributed by atoms with Gasteiger partial charge in [0, 0.05) is 6.08 Å². The number of hydrogen-bond acceptors (Lipinski definition) is 4. The van der Waals surface area contributed by atoms with Crippen LogP contribution in [0.2, 0.25) is 0 Å². The van der Waals surface area contributed by atoms with Gasteiger partial charge in [0.25, 0.3) is 5.91 Å². The summed E-state index contributed by atoms with van der Waals surface area (Å²) in [4.78, 5) is 24.0. The van der Waals surface area contributed by atoms with Crippen molar-refractivity contribution in [2.45, 2.75) is 25.3 Å². The number of rotatable bonds is 6. The Morgan fingerprint density at radius 1 is 1.15 bits per heavy atom. The van der Waals surface area contributed by atoms with Crippen molar-refractivity contribution < 1.29 is 19.1 Å². The minimum absolute atomic E-state index is 0.0176. The maximum atomic E-state index is 12.1. The number of nitrogens with one attached hydrogen (secondary N) is 1. The van der Waals surface area contributed by atoms with E-state index in [0.717, 1.165) is 36.1 Å². The molecule has 5 heteroatoms. The lowest BCUT2D eigenvalue weighted by atomic mass is 9.88. The zero-order valence-corrected chi connectivity index (χ0v) is 15.3. The summed E-state index contributed by atoms with van der Waals surface area (Å²) in [5.74, 6) is -0.0939. The average Bonchev–Trinajstić information content (AvgIpc) is 2.71. The number of amides is 1. The summed E-state index contributed by atoms with van der Waals surface area (Å²) in [6.45, 7) is -0.287. The summed E-state index contributed by atoms with van der Waals surface area (Å²) in [6.07, 6.45) is 5.91. The van der Waals surface area contributed by atoms with Gasteiger partial charge in [0.2, 0.25) is 0 Å². The molecular weight excluding hydrogens is 342 g/mol. The van der Waals surface area contributed by atoms with Gasteiger partial charge in [-0.3, -0.25) is 4.79 Å². The maximum Gasteiger partial charge on any atom is 0.331 e. The Labute approximate surface area is 159 Å². The van der Waals surface area contributed by atoms with E-state index in [2.05, 4.69) is 11.4 Å². The van der Waals surface area contributed by atoms with E-state index in [1.165, 1.54) is 11.6 Å². The second-order valence-corrected chi connectivity index (χ2v) is 6.43. The predicted octanol–water partition coefficient (Wildman–Crippen LogP) is 3.45. The fourth-order valence-electron chi connectivity index (χ4n) is 3.20. The van der Waals surface area contributed by atoms with Crippen molar-refractivity contribution >= 4 is 18.0 Å². The standard InChI is InChI=1S/C22H23NO4/c1-26-18-12-9-16(10-13-18)11-14-22(25)27-15-21(24)23-20-8-4-6-17-5-2-3-7-19(17)20/h2-3,5,7,9-14,20H,4,6,8,15H2,1H3,(H,23,24)/b14-11+/t20-/m1/s1. The lowest BCUT2D eigenvalue weighted by Gasteiger charge is -2.26. The summed E-state index contributed by atoms with van der Waals surface area (Å²) >= 11 is 0. The van der Waals surface area contributed by atoms with E-state index < -0.39 is 5.97 Å². The molecule has 27 heavy (non-hydrogen) atoms. The molecule has 3 rings (SSSR count). The maximum absolute atomic E-state index is 12.1. The lowest BCUT2D eigenvalue weighted by molar-refractivity contribution is -0.144. The Morgan fingerprint density at radius 2 is 1.93 bits per heavy atom. The van der Waals surface area contributed by atoms with Crippen LogP contribution in [0.3, 0.4) is 0 Å². The lowest BCUT2D eigenvalue weighted by Crippen LogP contribution is -2.34. The second-order valence-electron chi connectivity index (χ2n) is 6.43. The number of carbonyl (C=O) groups is 2. The van der Waals surface area contributed by atoms with Crippen LogP contribution in [0.15, 0.2) is 54.6 Å². The van der Waals surface area contributed by atoms with Crippen LogP contribution < -0.4 is 10.1 Å². The van der Waals surface area contributed by atoms with E-state index >= 15 is 0 Å². The number of methoxy groups -OCH3 is 1. The molecule has 5 nitrogen and oxygen atoms in total. The van der Waals surface area contributed by atoms with E-state index in [1.807, 2.05) is 30.3 Å². The molecule has 1 amide bonds. The van der Waals surface area contributed by atoms with Crippen LogP contribution in [0.1, 0.15) is 35.6 Å². The molecule has 0 spiro atoms. The molecule has 0 radical (unpaired) electrons. The van der Waals surface area contributed by atoms with E-state index in [-0.39, 0.29) is 18.6 Å². The molecule has 0 saturated carbocycles. The number of fused-ring (bicyclic) bond motifs is 1. The summed E-state index contributed by atoms with van der Waals surface area (Å²) in [5.41, 5.74) is 3.27. The minimum Gasteiger partial charge on any atom is -0.497 e. The van der Waals surface area contributed by atoms with Crippen LogP contribution in [0.5, 0.6) is 5.75 Å². The van der Waals surface area contributed by atoms with Gasteiger partial charge in [0.05, 0.1) is 13.2 Å². The number of hydrogen-bond donors (Lipinski definition) is 1. The second kappa shape index (κ2) is 9.03. The zero-order valence-electron chi connectivity index (χ0n) is 15.3. The highest BCUT2D eigenvalue weighted by molar-refractivity contribution is 5.89. The first-order chi connectivity index (χ1) is 13.2. The normalized spacial score (nSPS) is 15.8. The van der Waals surface area contributed by atoms with Crippen LogP contribution in [0.4, 0.5) is 0 Å². The fourth-order valence-corrected chi connectivity index (χ4v) is 3.20. The average molecular weight is 365 g/mol. The van der Waals surface area contributed by atoms with Crippen molar-refractivity contribution in [2.75, 3.05) is 13.7 Å². The first kappa shape index (κ1) is 18.7. The van der Waals surface area contributed by atoms with Gasteiger partial charge in [-0.25, -0.2) is 4.79 Å². The molecule has 1 aliphatic carbocycles.